The summed E-state index contributed by atoms with van der Waals surface area (Å²) in [5, 5.41) is 2.67. The van der Waals surface area contributed by atoms with E-state index in [2.05, 4.69) is 27.1 Å². The highest BCUT2D eigenvalue weighted by molar-refractivity contribution is 5.92. The summed E-state index contributed by atoms with van der Waals surface area (Å²) in [6, 6.07) is 9.69. The molecule has 0 radical (unpaired) electrons. The number of carbonyl (C=O) groups is 1. The molecule has 106 valence electrons. The van der Waals surface area contributed by atoms with E-state index in [1.165, 1.54) is 0 Å². The maximum Gasteiger partial charge on any atom is 0.232 e. The van der Waals surface area contributed by atoms with Crippen LogP contribution < -0.4 is 5.32 Å². The predicted molar refractivity (Wildman–Crippen MR) is 82.5 cm³/mol. The third kappa shape index (κ3) is 4.43. The van der Waals surface area contributed by atoms with Crippen molar-refractivity contribution in [2.24, 2.45) is 5.41 Å². The summed E-state index contributed by atoms with van der Waals surface area (Å²) < 4.78 is 0. The van der Waals surface area contributed by atoms with E-state index in [4.69, 9.17) is 0 Å². The topological polar surface area (TPSA) is 54.9 Å². The average Bonchev–Trinajstić information content (AvgIpc) is 2.46. The highest BCUT2D eigenvalue weighted by Gasteiger charge is 2.21. The Kier molecular flexibility index (Phi) is 4.34. The molecule has 1 aromatic carbocycles. The lowest BCUT2D eigenvalue weighted by Gasteiger charge is -2.16. The lowest BCUT2D eigenvalue weighted by atomic mass is 9.96. The Morgan fingerprint density at radius 1 is 1.00 bits per heavy atom. The van der Waals surface area contributed by atoms with Crippen LogP contribution in [0.3, 0.4) is 0 Å². The van der Waals surface area contributed by atoms with Gasteiger partial charge in [0.2, 0.25) is 11.9 Å². The molecule has 0 aliphatic rings. The minimum Gasteiger partial charge on any atom is -0.294 e. The molecule has 2 rings (SSSR count). The summed E-state index contributed by atoms with van der Waals surface area (Å²) in [5.74, 6) is 6.18. The zero-order chi connectivity index (χ0) is 15.3. The molecule has 4 nitrogen and oxygen atoms in total. The lowest BCUT2D eigenvalue weighted by Crippen LogP contribution is -2.28. The van der Waals surface area contributed by atoms with Crippen LogP contribution in [0.15, 0.2) is 42.7 Å². The number of amides is 1. The monoisotopic (exact) mass is 279 g/mol. The summed E-state index contributed by atoms with van der Waals surface area (Å²) in [7, 11) is 0. The van der Waals surface area contributed by atoms with Gasteiger partial charge >= 0.3 is 0 Å². The van der Waals surface area contributed by atoms with Crippen molar-refractivity contribution in [3.8, 4) is 11.8 Å². The minimum atomic E-state index is -0.477. The van der Waals surface area contributed by atoms with Gasteiger partial charge in [-0.25, -0.2) is 9.97 Å². The van der Waals surface area contributed by atoms with Gasteiger partial charge in [-0.2, -0.15) is 0 Å². The molecule has 0 bridgehead atoms. The van der Waals surface area contributed by atoms with Gasteiger partial charge in [0.1, 0.15) is 0 Å². The molecule has 1 amide bonds. The highest BCUT2D eigenvalue weighted by atomic mass is 16.2. The van der Waals surface area contributed by atoms with E-state index in [0.29, 0.717) is 11.5 Å². The van der Waals surface area contributed by atoms with Crippen molar-refractivity contribution in [1.29, 1.82) is 0 Å². The summed E-state index contributed by atoms with van der Waals surface area (Å²) in [6.07, 6.45) is 3.20. The molecule has 0 saturated heterocycles. The first-order valence-electron chi connectivity index (χ1n) is 6.66. The van der Waals surface area contributed by atoms with Gasteiger partial charge < -0.3 is 0 Å². The van der Waals surface area contributed by atoms with E-state index in [1.807, 2.05) is 51.1 Å². The normalized spacial score (nSPS) is 10.4. The van der Waals surface area contributed by atoms with Crippen molar-refractivity contribution < 1.29 is 4.79 Å². The van der Waals surface area contributed by atoms with Crippen molar-refractivity contribution in [2.45, 2.75) is 20.8 Å². The van der Waals surface area contributed by atoms with Crippen LogP contribution in [0, 0.1) is 17.3 Å². The van der Waals surface area contributed by atoms with Gasteiger partial charge in [0, 0.05) is 23.4 Å². The number of nitrogens with one attached hydrogen (secondary N) is 1. The summed E-state index contributed by atoms with van der Waals surface area (Å²) >= 11 is 0. The van der Waals surface area contributed by atoms with Crippen LogP contribution in [0.1, 0.15) is 31.9 Å². The molecule has 0 atom stereocenters. The molecule has 21 heavy (non-hydrogen) atoms. The summed E-state index contributed by atoms with van der Waals surface area (Å²) in [4.78, 5) is 20.0. The third-order valence-electron chi connectivity index (χ3n) is 2.68. The minimum absolute atomic E-state index is 0.120. The van der Waals surface area contributed by atoms with E-state index in [1.54, 1.807) is 12.4 Å². The molecule has 0 aliphatic heterocycles. The second-order valence-electron chi connectivity index (χ2n) is 5.62. The number of rotatable bonds is 1. The van der Waals surface area contributed by atoms with Crippen molar-refractivity contribution in [2.75, 3.05) is 5.32 Å². The fourth-order valence-corrected chi connectivity index (χ4v) is 1.41. The molecule has 0 aliphatic carbocycles. The molecule has 0 saturated carbocycles. The Balaban J connectivity index is 2.07. The maximum absolute atomic E-state index is 11.8. The van der Waals surface area contributed by atoms with Crippen molar-refractivity contribution in [3.05, 3.63) is 53.9 Å². The van der Waals surface area contributed by atoms with E-state index in [0.717, 1.165) is 5.56 Å². The molecule has 1 aromatic heterocycles. The predicted octanol–water partition coefficient (Wildman–Crippen LogP) is 2.86. The van der Waals surface area contributed by atoms with Gasteiger partial charge in [-0.3, -0.25) is 10.1 Å². The van der Waals surface area contributed by atoms with Gasteiger partial charge in [-0.05, 0) is 12.1 Å². The van der Waals surface area contributed by atoms with Crippen LogP contribution in [-0.2, 0) is 4.79 Å². The number of anilines is 1. The molecule has 0 fully saturated rings. The molecule has 2 aromatic rings. The number of nitrogens with zero attached hydrogens (tertiary/aromatic N) is 2. The van der Waals surface area contributed by atoms with E-state index in [-0.39, 0.29) is 5.91 Å². The largest absolute Gasteiger partial charge is 0.294 e. The van der Waals surface area contributed by atoms with Crippen molar-refractivity contribution in [1.82, 2.24) is 9.97 Å². The van der Waals surface area contributed by atoms with Crippen molar-refractivity contribution >= 4 is 11.9 Å². The Morgan fingerprint density at radius 3 is 2.14 bits per heavy atom. The zero-order valence-electron chi connectivity index (χ0n) is 12.3. The molecule has 1 N–H and O–H groups in total. The third-order valence-corrected chi connectivity index (χ3v) is 2.68. The molecule has 0 unspecified atom stereocenters. The van der Waals surface area contributed by atoms with Crippen LogP contribution in [0.5, 0.6) is 0 Å². The second kappa shape index (κ2) is 6.19. The van der Waals surface area contributed by atoms with Gasteiger partial charge in [0.25, 0.3) is 0 Å². The van der Waals surface area contributed by atoms with Crippen LogP contribution in [0.4, 0.5) is 5.95 Å². The van der Waals surface area contributed by atoms with Crippen LogP contribution in [0.25, 0.3) is 0 Å². The van der Waals surface area contributed by atoms with Crippen LogP contribution in [0.2, 0.25) is 0 Å². The standard InChI is InChI=1S/C17H17N3O/c1-17(2,3)15(21)20-16-18-11-14(12-19-16)10-9-13-7-5-4-6-8-13/h4-8,11-12H,1-3H3,(H,18,19,20,21). The fraction of sp³-hybridized carbons (Fsp3) is 0.235. The lowest BCUT2D eigenvalue weighted by molar-refractivity contribution is -0.123. The first kappa shape index (κ1) is 14.7. The number of hydrogen-bond acceptors (Lipinski definition) is 3. The number of aromatic nitrogens is 2. The highest BCUT2D eigenvalue weighted by Crippen LogP contribution is 2.15. The number of benzene rings is 1. The van der Waals surface area contributed by atoms with Crippen LogP contribution in [-0.4, -0.2) is 15.9 Å². The van der Waals surface area contributed by atoms with E-state index in [9.17, 15) is 4.79 Å². The van der Waals surface area contributed by atoms with Crippen LogP contribution >= 0.6 is 0 Å². The maximum atomic E-state index is 11.8. The second-order valence-corrected chi connectivity index (χ2v) is 5.62. The Morgan fingerprint density at radius 2 is 1.57 bits per heavy atom. The molecular formula is C17H17N3O. The summed E-state index contributed by atoms with van der Waals surface area (Å²) in [6.45, 7) is 5.51. The average molecular weight is 279 g/mol. The molecule has 0 spiro atoms. The number of hydrogen-bond donors (Lipinski definition) is 1. The van der Waals surface area contributed by atoms with E-state index < -0.39 is 5.41 Å². The molecule has 1 heterocycles. The van der Waals surface area contributed by atoms with E-state index >= 15 is 0 Å². The quantitative estimate of drug-likeness (QED) is 0.817. The smallest absolute Gasteiger partial charge is 0.232 e. The number of carbonyl (C=O) groups excluding carboxylic acids is 1. The van der Waals surface area contributed by atoms with Gasteiger partial charge in [0.05, 0.1) is 5.56 Å². The zero-order valence-corrected chi connectivity index (χ0v) is 12.3. The molecular weight excluding hydrogens is 262 g/mol. The van der Waals surface area contributed by atoms with Gasteiger partial charge in [-0.15, -0.1) is 0 Å². The fourth-order valence-electron chi connectivity index (χ4n) is 1.41. The summed E-state index contributed by atoms with van der Waals surface area (Å²) in [5.41, 5.74) is 1.16. The van der Waals surface area contributed by atoms with Gasteiger partial charge in [0.15, 0.2) is 0 Å². The molecule has 4 heteroatoms. The van der Waals surface area contributed by atoms with Crippen molar-refractivity contribution in [3.63, 3.8) is 0 Å². The SMILES string of the molecule is CC(C)(C)C(=O)Nc1ncc(C#Cc2ccccc2)cn1. The first-order chi connectivity index (χ1) is 9.95. The van der Waals surface area contributed by atoms with Gasteiger partial charge in [-0.1, -0.05) is 50.8 Å². The Bertz CT molecular complexity index is 674. The Hall–Kier alpha value is -2.67. The Labute approximate surface area is 124 Å². The first-order valence-corrected chi connectivity index (χ1v) is 6.66.